The summed E-state index contributed by atoms with van der Waals surface area (Å²) in [7, 11) is 1.75. The number of rotatable bonds is 6. The maximum atomic E-state index is 14.0. The molecule has 1 aliphatic rings. The Morgan fingerprint density at radius 1 is 1.20 bits per heavy atom. The first kappa shape index (κ1) is 20.2. The van der Waals surface area contributed by atoms with Crippen LogP contribution in [0.15, 0.2) is 47.6 Å². The fraction of sp³-hybridized carbons (Fsp3) is 0.286. The number of amides is 1. The van der Waals surface area contributed by atoms with E-state index in [-0.39, 0.29) is 23.5 Å². The number of nitrogens with zero attached hydrogens (tertiary/aromatic N) is 3. The van der Waals surface area contributed by atoms with E-state index in [1.165, 1.54) is 17.8 Å². The van der Waals surface area contributed by atoms with Crippen LogP contribution >= 0.6 is 11.8 Å². The van der Waals surface area contributed by atoms with Crippen LogP contribution in [-0.2, 0) is 11.8 Å². The molecule has 1 N–H and O–H groups in total. The largest absolute Gasteiger partial charge is 0.486 e. The monoisotopic (exact) mass is 428 g/mol. The number of hydrogen-bond donors (Lipinski definition) is 1. The lowest BCUT2D eigenvalue weighted by atomic mass is 10.1. The van der Waals surface area contributed by atoms with Crippen molar-refractivity contribution in [3.8, 4) is 22.9 Å². The molecule has 1 amide bonds. The summed E-state index contributed by atoms with van der Waals surface area (Å²) in [6, 6.07) is 11.8. The van der Waals surface area contributed by atoms with Gasteiger partial charge in [0.1, 0.15) is 19.0 Å². The SMILES string of the molecule is CC(NC(=O)CSc1nnc(-c2ccccc2F)n1C)c1ccc2c(c1)OCCO2. The average Bonchev–Trinajstić information content (AvgIpc) is 3.12. The number of fused-ring (bicyclic) bond motifs is 1. The molecule has 1 aromatic heterocycles. The van der Waals surface area contributed by atoms with Gasteiger partial charge < -0.3 is 19.4 Å². The summed E-state index contributed by atoms with van der Waals surface area (Å²) >= 11 is 1.25. The number of benzene rings is 2. The number of carbonyl (C=O) groups is 1. The van der Waals surface area contributed by atoms with Gasteiger partial charge in [0.25, 0.3) is 0 Å². The fourth-order valence-corrected chi connectivity index (χ4v) is 3.87. The second-order valence-corrected chi connectivity index (χ2v) is 7.77. The molecule has 4 rings (SSSR count). The highest BCUT2D eigenvalue weighted by Crippen LogP contribution is 2.32. The average molecular weight is 428 g/mol. The van der Waals surface area contributed by atoms with Gasteiger partial charge in [0.15, 0.2) is 22.5 Å². The second kappa shape index (κ2) is 8.74. The molecule has 3 aromatic rings. The second-order valence-electron chi connectivity index (χ2n) is 6.83. The van der Waals surface area contributed by atoms with E-state index in [1.807, 2.05) is 25.1 Å². The van der Waals surface area contributed by atoms with Crippen molar-refractivity contribution < 1.29 is 18.7 Å². The zero-order chi connectivity index (χ0) is 21.1. The van der Waals surface area contributed by atoms with Gasteiger partial charge in [0.2, 0.25) is 5.91 Å². The molecule has 2 heterocycles. The molecule has 0 saturated heterocycles. The van der Waals surface area contributed by atoms with Crippen LogP contribution in [-0.4, -0.2) is 39.6 Å². The Kier molecular flexibility index (Phi) is 5.89. The highest BCUT2D eigenvalue weighted by atomic mass is 32.2. The lowest BCUT2D eigenvalue weighted by Gasteiger charge is -2.21. The van der Waals surface area contributed by atoms with E-state index in [1.54, 1.807) is 29.8 Å². The number of carbonyl (C=O) groups excluding carboxylic acids is 1. The third kappa shape index (κ3) is 4.25. The summed E-state index contributed by atoms with van der Waals surface area (Å²) in [5.74, 6) is 1.48. The van der Waals surface area contributed by atoms with Crippen molar-refractivity contribution in [3.05, 3.63) is 53.8 Å². The van der Waals surface area contributed by atoms with Crippen LogP contribution in [0.2, 0.25) is 0 Å². The first-order valence-electron chi connectivity index (χ1n) is 9.49. The van der Waals surface area contributed by atoms with Gasteiger partial charge in [-0.25, -0.2) is 4.39 Å². The molecule has 156 valence electrons. The molecule has 30 heavy (non-hydrogen) atoms. The Labute approximate surface area is 177 Å². The van der Waals surface area contributed by atoms with Crippen LogP contribution in [0.5, 0.6) is 11.5 Å². The molecule has 0 radical (unpaired) electrons. The van der Waals surface area contributed by atoms with Crippen molar-refractivity contribution in [2.24, 2.45) is 7.05 Å². The Balaban J connectivity index is 1.37. The molecule has 0 spiro atoms. The summed E-state index contributed by atoms with van der Waals surface area (Å²) in [5.41, 5.74) is 1.30. The van der Waals surface area contributed by atoms with Crippen LogP contribution in [0.25, 0.3) is 11.4 Å². The molecule has 0 fully saturated rings. The maximum Gasteiger partial charge on any atom is 0.230 e. The van der Waals surface area contributed by atoms with Gasteiger partial charge in [-0.1, -0.05) is 30.0 Å². The zero-order valence-corrected chi connectivity index (χ0v) is 17.4. The van der Waals surface area contributed by atoms with Crippen molar-refractivity contribution in [3.63, 3.8) is 0 Å². The standard InChI is InChI=1S/C21H21FN4O3S/c1-13(14-7-8-17-18(11-14)29-10-9-28-17)23-19(27)12-30-21-25-24-20(26(21)2)15-5-3-4-6-16(15)22/h3-8,11,13H,9-10,12H2,1-2H3,(H,23,27). The molecule has 1 unspecified atom stereocenters. The maximum absolute atomic E-state index is 14.0. The van der Waals surface area contributed by atoms with Gasteiger partial charge in [0.05, 0.1) is 17.4 Å². The van der Waals surface area contributed by atoms with Gasteiger partial charge >= 0.3 is 0 Å². The van der Waals surface area contributed by atoms with Gasteiger partial charge in [-0.15, -0.1) is 10.2 Å². The van der Waals surface area contributed by atoms with Crippen molar-refractivity contribution in [2.75, 3.05) is 19.0 Å². The minimum atomic E-state index is -0.365. The molecular weight excluding hydrogens is 407 g/mol. The minimum absolute atomic E-state index is 0.141. The Morgan fingerprint density at radius 2 is 1.97 bits per heavy atom. The van der Waals surface area contributed by atoms with Crippen molar-refractivity contribution in [1.29, 1.82) is 0 Å². The Morgan fingerprint density at radius 3 is 2.77 bits per heavy atom. The van der Waals surface area contributed by atoms with E-state index in [0.717, 1.165) is 5.56 Å². The van der Waals surface area contributed by atoms with E-state index in [2.05, 4.69) is 15.5 Å². The Bertz CT molecular complexity index is 1070. The lowest BCUT2D eigenvalue weighted by Crippen LogP contribution is -2.28. The van der Waals surface area contributed by atoms with Crippen molar-refractivity contribution in [2.45, 2.75) is 18.1 Å². The van der Waals surface area contributed by atoms with E-state index >= 15 is 0 Å². The molecule has 1 atom stereocenters. The van der Waals surface area contributed by atoms with Gasteiger partial charge in [0, 0.05) is 7.05 Å². The van der Waals surface area contributed by atoms with Crippen LogP contribution in [0.4, 0.5) is 4.39 Å². The minimum Gasteiger partial charge on any atom is -0.486 e. The molecule has 0 saturated carbocycles. The summed E-state index contributed by atoms with van der Waals surface area (Å²) < 4.78 is 26.8. The third-order valence-corrected chi connectivity index (χ3v) is 5.75. The van der Waals surface area contributed by atoms with Gasteiger partial charge in [-0.2, -0.15) is 0 Å². The van der Waals surface area contributed by atoms with Crippen molar-refractivity contribution >= 4 is 17.7 Å². The van der Waals surface area contributed by atoms with Crippen LogP contribution in [0.1, 0.15) is 18.5 Å². The number of ether oxygens (including phenoxy) is 2. The third-order valence-electron chi connectivity index (χ3n) is 4.73. The van der Waals surface area contributed by atoms with Crippen LogP contribution < -0.4 is 14.8 Å². The van der Waals surface area contributed by atoms with E-state index in [4.69, 9.17) is 9.47 Å². The number of thioether (sulfide) groups is 1. The van der Waals surface area contributed by atoms with E-state index < -0.39 is 0 Å². The van der Waals surface area contributed by atoms with Crippen LogP contribution in [0.3, 0.4) is 0 Å². The van der Waals surface area contributed by atoms with Gasteiger partial charge in [-0.05, 0) is 36.8 Å². The molecule has 2 aromatic carbocycles. The predicted octanol–water partition coefficient (Wildman–Crippen LogP) is 3.36. The molecule has 1 aliphatic heterocycles. The highest BCUT2D eigenvalue weighted by Gasteiger charge is 2.18. The topological polar surface area (TPSA) is 78.3 Å². The molecule has 7 nitrogen and oxygen atoms in total. The molecular formula is C21H21FN4O3S. The quantitative estimate of drug-likeness (QED) is 0.607. The van der Waals surface area contributed by atoms with Gasteiger partial charge in [-0.3, -0.25) is 4.79 Å². The smallest absolute Gasteiger partial charge is 0.230 e. The normalized spacial score (nSPS) is 13.7. The number of nitrogens with one attached hydrogen (secondary N) is 1. The van der Waals surface area contributed by atoms with E-state index in [0.29, 0.717) is 41.3 Å². The van der Waals surface area contributed by atoms with E-state index in [9.17, 15) is 9.18 Å². The first-order valence-corrected chi connectivity index (χ1v) is 10.5. The predicted molar refractivity (Wildman–Crippen MR) is 111 cm³/mol. The molecule has 0 aliphatic carbocycles. The summed E-state index contributed by atoms with van der Waals surface area (Å²) in [5, 5.41) is 11.7. The Hall–Kier alpha value is -3.07. The summed E-state index contributed by atoms with van der Waals surface area (Å²) in [6.45, 7) is 2.96. The van der Waals surface area contributed by atoms with Crippen LogP contribution in [0, 0.1) is 5.82 Å². The van der Waals surface area contributed by atoms with Crippen molar-refractivity contribution in [1.82, 2.24) is 20.1 Å². The number of halogens is 1. The summed E-state index contributed by atoms with van der Waals surface area (Å²) in [6.07, 6.45) is 0. The molecule has 9 heteroatoms. The first-order chi connectivity index (χ1) is 14.5. The number of hydrogen-bond acceptors (Lipinski definition) is 6. The fourth-order valence-electron chi connectivity index (χ4n) is 3.14. The highest BCUT2D eigenvalue weighted by molar-refractivity contribution is 7.99. The summed E-state index contributed by atoms with van der Waals surface area (Å²) in [4.78, 5) is 12.4. The molecule has 0 bridgehead atoms. The lowest BCUT2D eigenvalue weighted by molar-refractivity contribution is -0.119. The number of aromatic nitrogens is 3. The zero-order valence-electron chi connectivity index (χ0n) is 16.6.